The zero-order chi connectivity index (χ0) is 66.0. The van der Waals surface area contributed by atoms with Crippen LogP contribution in [0.3, 0.4) is 0 Å². The number of carbonyl (C=O) groups is 12. The van der Waals surface area contributed by atoms with Crippen molar-refractivity contribution in [1.82, 2.24) is 45.3 Å². The van der Waals surface area contributed by atoms with E-state index in [1.807, 2.05) is 0 Å². The van der Waals surface area contributed by atoms with E-state index in [2.05, 4.69) is 21.3 Å². The van der Waals surface area contributed by atoms with Crippen molar-refractivity contribution in [2.75, 3.05) is 123 Å². The van der Waals surface area contributed by atoms with Crippen LogP contribution in [0, 0.1) is 0 Å². The van der Waals surface area contributed by atoms with Gasteiger partial charge in [0.2, 0.25) is 11.8 Å². The quantitative estimate of drug-likeness (QED) is 0.0229. The van der Waals surface area contributed by atoms with E-state index in [-0.39, 0.29) is 76.6 Å². The summed E-state index contributed by atoms with van der Waals surface area (Å²) in [7, 11) is 0. The Morgan fingerprint density at radius 3 is 1.15 bits per heavy atom. The van der Waals surface area contributed by atoms with E-state index < -0.39 is 155 Å². The third-order valence-corrected chi connectivity index (χ3v) is 13.3. The molecule has 0 heterocycles. The molecule has 0 aliphatic rings. The van der Waals surface area contributed by atoms with Gasteiger partial charge in [-0.15, -0.1) is 0 Å². The van der Waals surface area contributed by atoms with Crippen LogP contribution in [0.1, 0.15) is 36.0 Å². The minimum atomic E-state index is -1.37. The van der Waals surface area contributed by atoms with Crippen molar-refractivity contribution >= 4 is 112 Å². The van der Waals surface area contributed by atoms with Crippen LogP contribution in [-0.2, 0) is 76.8 Å². The van der Waals surface area contributed by atoms with Crippen LogP contribution in [0.4, 0.5) is 5.69 Å². The molecule has 35 heteroatoms. The van der Waals surface area contributed by atoms with Crippen molar-refractivity contribution in [1.29, 1.82) is 0 Å². The topological polar surface area (TPSA) is 501 Å². The smallest absolute Gasteiger partial charge is 0.317 e. The van der Waals surface area contributed by atoms with Crippen LogP contribution >= 0.6 is 24.4 Å². The molecule has 16 N–H and O–H groups in total. The summed E-state index contributed by atoms with van der Waals surface area (Å²) in [6, 6.07) is 10.4. The minimum absolute atomic E-state index is 0.00524. The van der Waals surface area contributed by atoms with Gasteiger partial charge in [-0.3, -0.25) is 86.9 Å². The highest BCUT2D eigenvalue weighted by Crippen LogP contribution is 2.17. The van der Waals surface area contributed by atoms with Gasteiger partial charge in [0.1, 0.15) is 6.04 Å². The van der Waals surface area contributed by atoms with Gasteiger partial charge in [-0.25, -0.2) is 0 Å². The fourth-order valence-corrected chi connectivity index (χ4v) is 9.48. The van der Waals surface area contributed by atoms with E-state index in [4.69, 9.17) is 30.2 Å². The lowest BCUT2D eigenvalue weighted by Gasteiger charge is -2.34. The van der Waals surface area contributed by atoms with Crippen molar-refractivity contribution in [3.05, 3.63) is 65.2 Å². The van der Waals surface area contributed by atoms with Crippen LogP contribution in [0.25, 0.3) is 0 Å². The number of carboxylic acid groups (broad SMARTS) is 10. The Balaban J connectivity index is 2.01. The molecule has 0 saturated heterocycles. The lowest BCUT2D eigenvalue weighted by molar-refractivity contribution is -0.145. The Bertz CT molecular complexity index is 2680. The molecule has 0 saturated carbocycles. The van der Waals surface area contributed by atoms with E-state index in [9.17, 15) is 109 Å². The van der Waals surface area contributed by atoms with E-state index in [0.717, 1.165) is 25.2 Å². The largest absolute Gasteiger partial charge is 0.480 e. The fourth-order valence-electron chi connectivity index (χ4n) is 9.03. The van der Waals surface area contributed by atoms with Gasteiger partial charge in [0.25, 0.3) is 0 Å². The second kappa shape index (κ2) is 40.0. The molecule has 0 fully saturated rings. The van der Waals surface area contributed by atoms with Gasteiger partial charge in [0, 0.05) is 70.0 Å². The number of primary amides is 1. The molecule has 88 heavy (non-hydrogen) atoms. The number of benzene rings is 2. The number of hydrogen-bond donors (Lipinski definition) is 15. The molecule has 2 aromatic carbocycles. The van der Waals surface area contributed by atoms with Gasteiger partial charge >= 0.3 is 59.7 Å². The van der Waals surface area contributed by atoms with Crippen molar-refractivity contribution in [2.45, 2.75) is 56.7 Å². The molecule has 2 rings (SSSR count). The van der Waals surface area contributed by atoms with Crippen molar-refractivity contribution in [3.8, 4) is 0 Å². The number of carboxylic acids is 10. The third-order valence-electron chi connectivity index (χ3n) is 12.8. The first kappa shape index (κ1) is 75.5. The Morgan fingerprint density at radius 1 is 0.443 bits per heavy atom. The monoisotopic (exact) mass is 1280 g/mol. The summed E-state index contributed by atoms with van der Waals surface area (Å²) in [5.41, 5.74) is 7.94. The summed E-state index contributed by atoms with van der Waals surface area (Å²) in [6.07, 6.45) is 1.44. The van der Waals surface area contributed by atoms with Crippen molar-refractivity contribution in [3.63, 3.8) is 0 Å². The van der Waals surface area contributed by atoms with Gasteiger partial charge in [0.05, 0.1) is 77.0 Å². The summed E-state index contributed by atoms with van der Waals surface area (Å²) >= 11 is 10.9. The number of nitrogens with zero attached hydrogens (tertiary/aromatic N) is 6. The number of unbranched alkanes of at least 4 members (excludes halogenated alkanes) is 1. The summed E-state index contributed by atoms with van der Waals surface area (Å²) in [4.78, 5) is 149. The first-order valence-electron chi connectivity index (χ1n) is 27.0. The summed E-state index contributed by atoms with van der Waals surface area (Å²) < 4.78 is 0. The van der Waals surface area contributed by atoms with Crippen LogP contribution in [0.5, 0.6) is 0 Å². The highest BCUT2D eigenvalue weighted by Gasteiger charge is 2.30. The Labute approximate surface area is 514 Å². The summed E-state index contributed by atoms with van der Waals surface area (Å²) in [6.45, 7) is -7.90. The Hall–Kier alpha value is -8.58. The second-order valence-electron chi connectivity index (χ2n) is 20.2. The van der Waals surface area contributed by atoms with Gasteiger partial charge in [0.15, 0.2) is 5.11 Å². The molecule has 0 aromatic heterocycles. The van der Waals surface area contributed by atoms with Crippen LogP contribution in [0.2, 0.25) is 0 Å². The molecule has 2 amide bonds. The summed E-state index contributed by atoms with van der Waals surface area (Å²) in [5.74, 6) is -14.7. The standard InChI is InChI=1S/C53H75N11O22S2/c54-52(86)39(3-1-2-12-55-41(87)19-35-6-4-33(5-7-35)17-37(63(29-48(78)79)30-49(80)81)21-59(23-42(66)67)13-15-61(25-44(70)71)26-45(72)73)58-40(65)20-56-53(88)57-36-10-8-34(9-11-36)18-38(64(31-50(82)83)32-51(84)85)22-60(24-43(68)69)14-16-62(27-46(74)75)28-47(76)77/h4-11,37-39H,1-3,12-32H2,(H2,54,86)(H,55,87)(H,58,65)(H,66,67)(H,68,69)(H,70,71)(H,72,73)(H,74,75)(H,76,77)(H,78,79)(H,80,81)(H,82,83)(H,84,85)(H2,56,57,88)/t37-,38?,39+/m0/s1. The second-order valence-corrected chi connectivity index (χ2v) is 21.1. The predicted octanol–water partition coefficient (Wildman–Crippen LogP) is -3.25. The first-order chi connectivity index (χ1) is 41.3. The number of carbonyl (C=O) groups excluding carboxylic acids is 2. The molecule has 2 aromatic rings. The number of nitrogens with two attached hydrogens (primary N) is 1. The number of nitrogens with one attached hydrogen (secondary N) is 4. The highest BCUT2D eigenvalue weighted by molar-refractivity contribution is 7.80. The summed E-state index contributed by atoms with van der Waals surface area (Å²) in [5, 5.41) is 106. The Morgan fingerprint density at radius 2 is 0.784 bits per heavy atom. The lowest BCUT2D eigenvalue weighted by atomic mass is 10.0. The molecule has 0 aliphatic heterocycles. The normalized spacial score (nSPS) is 12.3. The molecule has 486 valence electrons. The third kappa shape index (κ3) is 34.5. The molecule has 0 aliphatic carbocycles. The number of rotatable bonds is 48. The van der Waals surface area contributed by atoms with E-state index >= 15 is 0 Å². The molecule has 0 radical (unpaired) electrons. The highest BCUT2D eigenvalue weighted by atomic mass is 32.1. The molecule has 0 spiro atoms. The number of hydrogen-bond acceptors (Lipinski definition) is 20. The average Bonchev–Trinajstić information content (AvgIpc) is 3.61. The molecule has 0 bridgehead atoms. The van der Waals surface area contributed by atoms with E-state index in [0.29, 0.717) is 41.2 Å². The first-order valence-corrected chi connectivity index (χ1v) is 27.8. The van der Waals surface area contributed by atoms with Gasteiger partial charge < -0.3 is 78.1 Å². The zero-order valence-electron chi connectivity index (χ0n) is 47.8. The maximum Gasteiger partial charge on any atom is 0.317 e. The zero-order valence-corrected chi connectivity index (χ0v) is 49.4. The number of amides is 2. The van der Waals surface area contributed by atoms with Crippen LogP contribution in [0.15, 0.2) is 48.5 Å². The minimum Gasteiger partial charge on any atom is -0.480 e. The van der Waals surface area contributed by atoms with Gasteiger partial charge in [-0.1, -0.05) is 48.6 Å². The van der Waals surface area contributed by atoms with E-state index in [1.165, 1.54) is 9.80 Å². The molecular weight excluding hydrogens is 1210 g/mol. The number of thiocarbonyl (C=S) groups is 2. The maximum atomic E-state index is 12.9. The van der Waals surface area contributed by atoms with Crippen molar-refractivity contribution < 1.29 is 109 Å². The molecule has 1 unspecified atom stereocenters. The van der Waals surface area contributed by atoms with E-state index in [1.54, 1.807) is 48.5 Å². The molecule has 3 atom stereocenters. The Kier molecular flexibility index (Phi) is 34.3. The van der Waals surface area contributed by atoms with Crippen LogP contribution < -0.4 is 27.0 Å². The number of anilines is 1. The fraction of sp³-hybridized carbons (Fsp3) is 0.509. The van der Waals surface area contributed by atoms with Crippen molar-refractivity contribution in [2.24, 2.45) is 5.73 Å². The lowest BCUT2D eigenvalue weighted by Crippen LogP contribution is -2.51. The number of aliphatic carboxylic acids is 10. The van der Waals surface area contributed by atoms with Gasteiger partial charge in [-0.2, -0.15) is 0 Å². The molecular formula is C53H75N11O22S2. The van der Waals surface area contributed by atoms with Crippen LogP contribution in [-0.4, -0.2) is 298 Å². The average molecular weight is 1280 g/mol. The SMILES string of the molecule is NC(=O)[C@@H](CCCCNC(=S)Cc1ccc(C[C@@H](CN(CCN(CC(=O)O)CC(=O)O)CC(=O)O)N(CC(=O)O)CC(=O)O)cc1)NC(=O)CNC(=S)Nc1ccc(CC(CN(CCN(CC(=O)O)CC(=O)O)CC(=O)O)N(CC(=O)O)CC(=O)O)cc1. The molecule has 33 nitrogen and oxygen atoms in total. The maximum absolute atomic E-state index is 12.9. The predicted molar refractivity (Wildman–Crippen MR) is 317 cm³/mol. The van der Waals surface area contributed by atoms with Gasteiger partial charge in [-0.05, 0) is 73.1 Å².